The number of ether oxygens (including phenoxy) is 2. The SMILES string of the molecule is CCO/C(=N\C(=O)OC)SC. The average Bonchev–Trinajstić information content (AvgIpc) is 2.03. The maximum Gasteiger partial charge on any atom is 0.437 e. The van der Waals surface area contributed by atoms with Crippen molar-refractivity contribution in [3.05, 3.63) is 0 Å². The highest BCUT2D eigenvalue weighted by atomic mass is 32.2. The van der Waals surface area contributed by atoms with Gasteiger partial charge < -0.3 is 9.47 Å². The van der Waals surface area contributed by atoms with Crippen LogP contribution in [-0.4, -0.2) is 31.3 Å². The molecule has 0 bridgehead atoms. The van der Waals surface area contributed by atoms with Crippen molar-refractivity contribution < 1.29 is 14.3 Å². The highest BCUT2D eigenvalue weighted by molar-refractivity contribution is 8.13. The minimum Gasteiger partial charge on any atom is -0.473 e. The topological polar surface area (TPSA) is 47.9 Å². The summed E-state index contributed by atoms with van der Waals surface area (Å²) in [6.07, 6.45) is 1.14. The summed E-state index contributed by atoms with van der Waals surface area (Å²) < 4.78 is 9.28. The van der Waals surface area contributed by atoms with Crippen molar-refractivity contribution in [1.29, 1.82) is 0 Å². The number of hydrogen-bond donors (Lipinski definition) is 0. The van der Waals surface area contributed by atoms with Crippen LogP contribution in [0.15, 0.2) is 4.99 Å². The summed E-state index contributed by atoms with van der Waals surface area (Å²) in [4.78, 5) is 14.1. The first kappa shape index (κ1) is 10.3. The van der Waals surface area contributed by atoms with E-state index in [2.05, 4.69) is 9.73 Å². The number of amides is 1. The molecule has 0 aliphatic carbocycles. The van der Waals surface area contributed by atoms with Gasteiger partial charge in [0.1, 0.15) is 0 Å². The fourth-order valence-corrected chi connectivity index (χ4v) is 0.782. The molecule has 0 heterocycles. The summed E-state index contributed by atoms with van der Waals surface area (Å²) in [5.74, 6) is 0. The molecule has 1 amide bonds. The highest BCUT2D eigenvalue weighted by Crippen LogP contribution is 2.00. The van der Waals surface area contributed by atoms with Crippen LogP contribution < -0.4 is 0 Å². The third-order valence-electron chi connectivity index (χ3n) is 0.800. The summed E-state index contributed by atoms with van der Waals surface area (Å²) in [7, 11) is 1.27. The van der Waals surface area contributed by atoms with Gasteiger partial charge in [0.15, 0.2) is 0 Å². The second kappa shape index (κ2) is 6.03. The second-order valence-electron chi connectivity index (χ2n) is 1.48. The summed E-state index contributed by atoms with van der Waals surface area (Å²) in [5.41, 5.74) is 0. The lowest BCUT2D eigenvalue weighted by Gasteiger charge is -2.01. The quantitative estimate of drug-likeness (QED) is 0.450. The van der Waals surface area contributed by atoms with Crippen molar-refractivity contribution in [2.45, 2.75) is 6.92 Å². The Balaban J connectivity index is 3.99. The van der Waals surface area contributed by atoms with E-state index in [9.17, 15) is 4.79 Å². The van der Waals surface area contributed by atoms with Gasteiger partial charge in [-0.1, -0.05) is 11.8 Å². The number of carbonyl (C=O) groups excluding carboxylic acids is 1. The lowest BCUT2D eigenvalue weighted by atomic mass is 10.9. The lowest BCUT2D eigenvalue weighted by Crippen LogP contribution is -2.03. The molecule has 0 unspecified atom stereocenters. The van der Waals surface area contributed by atoms with Gasteiger partial charge in [0, 0.05) is 0 Å². The van der Waals surface area contributed by atoms with Gasteiger partial charge in [-0.15, -0.1) is 4.99 Å². The van der Waals surface area contributed by atoms with Crippen LogP contribution in [0.4, 0.5) is 4.79 Å². The van der Waals surface area contributed by atoms with Crippen molar-refractivity contribution in [3.8, 4) is 0 Å². The highest BCUT2D eigenvalue weighted by Gasteiger charge is 2.01. The summed E-state index contributed by atoms with van der Waals surface area (Å²) >= 11 is 1.27. The van der Waals surface area contributed by atoms with Crippen LogP contribution in [-0.2, 0) is 9.47 Å². The molecule has 0 aromatic carbocycles. The Labute approximate surface area is 70.0 Å². The van der Waals surface area contributed by atoms with Gasteiger partial charge in [-0.05, 0) is 13.2 Å². The first-order chi connectivity index (χ1) is 5.24. The molecule has 0 saturated heterocycles. The summed E-state index contributed by atoms with van der Waals surface area (Å²) in [5, 5.41) is 0.333. The molecule has 64 valence electrons. The largest absolute Gasteiger partial charge is 0.473 e. The van der Waals surface area contributed by atoms with Crippen LogP contribution in [0, 0.1) is 0 Å². The van der Waals surface area contributed by atoms with E-state index in [4.69, 9.17) is 4.74 Å². The number of nitrogens with zero attached hydrogens (tertiary/aromatic N) is 1. The maximum atomic E-state index is 10.6. The fraction of sp³-hybridized carbons (Fsp3) is 0.667. The molecule has 4 nitrogen and oxygen atoms in total. The zero-order valence-corrected chi connectivity index (χ0v) is 7.60. The monoisotopic (exact) mass is 177 g/mol. The Morgan fingerprint density at radius 2 is 2.27 bits per heavy atom. The zero-order valence-electron chi connectivity index (χ0n) is 6.79. The van der Waals surface area contributed by atoms with Gasteiger partial charge in [-0.2, -0.15) is 0 Å². The molecule has 0 aliphatic rings. The van der Waals surface area contributed by atoms with Gasteiger partial charge in [0.05, 0.1) is 13.7 Å². The van der Waals surface area contributed by atoms with Crippen molar-refractivity contribution in [2.24, 2.45) is 4.99 Å². The number of hydrogen-bond acceptors (Lipinski definition) is 4. The van der Waals surface area contributed by atoms with Crippen LogP contribution in [0.1, 0.15) is 6.92 Å². The van der Waals surface area contributed by atoms with Crippen molar-refractivity contribution >= 4 is 23.1 Å². The molecule has 0 aromatic heterocycles. The fourth-order valence-electron chi connectivity index (χ4n) is 0.380. The number of thioether (sulfide) groups is 1. The van der Waals surface area contributed by atoms with E-state index in [0.717, 1.165) is 0 Å². The van der Waals surface area contributed by atoms with Gasteiger partial charge >= 0.3 is 6.09 Å². The molecule has 0 spiro atoms. The molecule has 0 aliphatic heterocycles. The predicted molar refractivity (Wildman–Crippen MR) is 45.0 cm³/mol. The molecule has 11 heavy (non-hydrogen) atoms. The van der Waals surface area contributed by atoms with E-state index in [-0.39, 0.29) is 0 Å². The van der Waals surface area contributed by atoms with Crippen LogP contribution in [0.5, 0.6) is 0 Å². The van der Waals surface area contributed by atoms with E-state index in [0.29, 0.717) is 11.8 Å². The lowest BCUT2D eigenvalue weighted by molar-refractivity contribution is 0.181. The Hall–Kier alpha value is -0.710. The predicted octanol–water partition coefficient (Wildman–Crippen LogP) is 1.51. The molecule has 0 fully saturated rings. The smallest absolute Gasteiger partial charge is 0.437 e. The number of methoxy groups -OCH3 is 1. The van der Waals surface area contributed by atoms with Crippen molar-refractivity contribution in [1.82, 2.24) is 0 Å². The zero-order chi connectivity index (χ0) is 8.69. The van der Waals surface area contributed by atoms with Crippen LogP contribution in [0.3, 0.4) is 0 Å². The van der Waals surface area contributed by atoms with Crippen LogP contribution >= 0.6 is 11.8 Å². The Morgan fingerprint density at radius 3 is 2.64 bits per heavy atom. The third-order valence-corrected chi connectivity index (χ3v) is 1.36. The Bertz CT molecular complexity index is 158. The van der Waals surface area contributed by atoms with Gasteiger partial charge in [-0.25, -0.2) is 4.79 Å². The first-order valence-corrected chi connectivity index (χ1v) is 4.30. The third kappa shape index (κ3) is 4.66. The molecule has 5 heteroatoms. The van der Waals surface area contributed by atoms with E-state index in [1.54, 1.807) is 6.26 Å². The molecule has 0 saturated carbocycles. The molecule has 0 rings (SSSR count). The van der Waals surface area contributed by atoms with Crippen LogP contribution in [0.2, 0.25) is 0 Å². The van der Waals surface area contributed by atoms with E-state index in [1.165, 1.54) is 18.9 Å². The average molecular weight is 177 g/mol. The standard InChI is InChI=1S/C6H11NO3S/c1-4-10-6(11-3)7-5(8)9-2/h4H2,1-3H3/b7-6+. The normalized spacial score (nSPS) is 11.0. The summed E-state index contributed by atoms with van der Waals surface area (Å²) in [6.45, 7) is 2.32. The van der Waals surface area contributed by atoms with Crippen molar-refractivity contribution in [2.75, 3.05) is 20.0 Å². The minimum absolute atomic E-state index is 0.333. The first-order valence-electron chi connectivity index (χ1n) is 3.08. The van der Waals surface area contributed by atoms with E-state index >= 15 is 0 Å². The minimum atomic E-state index is -0.636. The molecular formula is C6H11NO3S. The van der Waals surface area contributed by atoms with Gasteiger partial charge in [0.25, 0.3) is 5.23 Å². The number of aliphatic imine (C=N–C) groups is 1. The van der Waals surface area contributed by atoms with Crippen LogP contribution in [0.25, 0.3) is 0 Å². The molecular weight excluding hydrogens is 166 g/mol. The molecule has 0 radical (unpaired) electrons. The Morgan fingerprint density at radius 1 is 1.64 bits per heavy atom. The van der Waals surface area contributed by atoms with Crippen molar-refractivity contribution in [3.63, 3.8) is 0 Å². The molecule has 0 atom stereocenters. The number of carbonyl (C=O) groups is 1. The van der Waals surface area contributed by atoms with E-state index in [1.807, 2.05) is 6.92 Å². The molecule has 0 N–H and O–H groups in total. The maximum absolute atomic E-state index is 10.6. The number of rotatable bonds is 1. The van der Waals surface area contributed by atoms with E-state index < -0.39 is 6.09 Å². The van der Waals surface area contributed by atoms with Gasteiger partial charge in [-0.3, -0.25) is 0 Å². The van der Waals surface area contributed by atoms with Gasteiger partial charge in [0.2, 0.25) is 0 Å². The second-order valence-corrected chi connectivity index (χ2v) is 2.24. The Kier molecular flexibility index (Phi) is 5.64. The molecule has 0 aromatic rings. The summed E-state index contributed by atoms with van der Waals surface area (Å²) in [6, 6.07) is 0.